The van der Waals surface area contributed by atoms with Crippen LogP contribution in [0.5, 0.6) is 0 Å². The first-order valence-electron chi connectivity index (χ1n) is 23.9. The SMILES string of the molecule is NC1=NC(C(=CC(=O)O)C(CC2C3C=CC(CCC(N)CCC(C=O)CCCO)C2c2cc4cc(CC=O)ccc4cc2C3)Nc2ccc[nH]2)C2CCC(O)(C3(O)CCCC3)C(O)C2N1. The van der Waals surface area contributed by atoms with E-state index in [1.165, 1.54) is 17.2 Å². The molecule has 0 amide bonds. The molecule has 12 atom stereocenters. The molecule has 12 unspecified atom stereocenters. The molecule has 2 fully saturated rings. The number of carboxylic acid groups (broad SMARTS) is 1. The number of allylic oxidation sites excluding steroid dienone is 2. The maximum atomic E-state index is 13.0. The summed E-state index contributed by atoms with van der Waals surface area (Å²) < 4.78 is 0. The molecule has 0 saturated heterocycles. The Balaban J connectivity index is 1.15. The van der Waals surface area contributed by atoms with Gasteiger partial charge in [-0.2, -0.15) is 0 Å². The summed E-state index contributed by atoms with van der Waals surface area (Å²) in [6, 6.07) is 12.3. The van der Waals surface area contributed by atoms with Crippen LogP contribution < -0.4 is 22.1 Å². The number of aromatic amines is 1. The summed E-state index contributed by atoms with van der Waals surface area (Å²) in [5, 5.41) is 64.7. The number of guanidine groups is 1. The van der Waals surface area contributed by atoms with Crippen LogP contribution in [0.3, 0.4) is 0 Å². The molecular weight excluding hydrogens is 825 g/mol. The maximum absolute atomic E-state index is 13.0. The number of nitrogens with two attached hydrogens (primary N) is 2. The van der Waals surface area contributed by atoms with Gasteiger partial charge in [-0.05, 0) is 146 Å². The third kappa shape index (κ3) is 9.69. The molecule has 3 aromatic rings. The lowest BCUT2D eigenvalue weighted by molar-refractivity contribution is -0.227. The second-order valence-electron chi connectivity index (χ2n) is 19.8. The molecule has 2 saturated carbocycles. The van der Waals surface area contributed by atoms with Crippen LogP contribution in [-0.4, -0.2) is 103 Å². The minimum atomic E-state index is -1.77. The van der Waals surface area contributed by atoms with Crippen molar-refractivity contribution in [3.05, 3.63) is 89.2 Å². The predicted molar refractivity (Wildman–Crippen MR) is 250 cm³/mol. The summed E-state index contributed by atoms with van der Waals surface area (Å²) in [7, 11) is 0. The van der Waals surface area contributed by atoms with E-state index in [1.54, 1.807) is 0 Å². The molecule has 14 heteroatoms. The summed E-state index contributed by atoms with van der Waals surface area (Å²) in [4.78, 5) is 44.5. The van der Waals surface area contributed by atoms with Crippen molar-refractivity contribution >= 4 is 41.1 Å². The van der Waals surface area contributed by atoms with Crippen molar-refractivity contribution in [2.75, 3.05) is 11.9 Å². The fraction of sp³-hybridized carbons (Fsp3) is 0.569. The molecule has 1 aromatic heterocycles. The minimum absolute atomic E-state index is 0.0272. The number of aliphatic carboxylic acids is 1. The molecule has 2 heterocycles. The lowest BCUT2D eigenvalue weighted by Gasteiger charge is -2.54. The van der Waals surface area contributed by atoms with E-state index >= 15 is 0 Å². The Kier molecular flexibility index (Phi) is 14.3. The Labute approximate surface area is 381 Å². The standard InChI is InChI=1S/C51H68N6O8/c52-37(13-8-31(29-60)5-4-21-58)14-12-32-10-11-34-25-36-24-33-9-7-30(16-22-59)23-35(33)26-39(36)45(32)40(34)27-42(55-43-6-3-20-54-43)41(28-44(61)62)46-38-15-19-51(65,50(64)17-1-2-18-50)48(63)47(38)57-49(53)56-46/h3,6-7,9-11,20,22-24,26,28-29,31-32,34,37-38,40,42,45-48,54-55,58,63-65H,1-2,4-5,8,12-19,21,25,27,52H2,(H,61,62)(H3,53,56,57). The normalized spacial score (nSPS) is 30.6. The van der Waals surface area contributed by atoms with E-state index in [1.807, 2.05) is 24.4 Å². The second-order valence-corrected chi connectivity index (χ2v) is 19.8. The third-order valence-corrected chi connectivity index (χ3v) is 15.9. The molecule has 12 N–H and O–H groups in total. The number of rotatable bonds is 20. The van der Waals surface area contributed by atoms with Crippen molar-refractivity contribution in [2.24, 2.45) is 46.0 Å². The number of aliphatic hydroxyl groups is 4. The van der Waals surface area contributed by atoms with Gasteiger partial charge in [0.05, 0.1) is 23.7 Å². The Hall–Kier alpha value is -4.86. The van der Waals surface area contributed by atoms with Gasteiger partial charge in [0, 0.05) is 43.2 Å². The first-order valence-corrected chi connectivity index (χ1v) is 23.9. The van der Waals surface area contributed by atoms with Crippen LogP contribution in [0, 0.1) is 29.6 Å². The number of nitrogens with zero attached hydrogens (tertiary/aromatic N) is 1. The van der Waals surface area contributed by atoms with E-state index in [-0.39, 0.29) is 54.6 Å². The zero-order valence-electron chi connectivity index (χ0n) is 37.2. The van der Waals surface area contributed by atoms with Gasteiger partial charge in [0.25, 0.3) is 0 Å². The van der Waals surface area contributed by atoms with Crippen LogP contribution in [0.25, 0.3) is 10.8 Å². The number of carboxylic acids is 1. The van der Waals surface area contributed by atoms with Crippen LogP contribution in [0.15, 0.2) is 77.5 Å². The lowest BCUT2D eigenvalue weighted by atomic mass is 9.58. The van der Waals surface area contributed by atoms with E-state index in [9.17, 15) is 39.9 Å². The van der Waals surface area contributed by atoms with Crippen LogP contribution in [0.4, 0.5) is 5.82 Å². The molecule has 4 aliphatic carbocycles. The Bertz CT molecular complexity index is 2250. The number of nitrogens with one attached hydrogen (secondary N) is 3. The van der Waals surface area contributed by atoms with Crippen molar-refractivity contribution in [1.82, 2.24) is 10.3 Å². The summed E-state index contributed by atoms with van der Waals surface area (Å²) in [5.41, 5.74) is 14.0. The summed E-state index contributed by atoms with van der Waals surface area (Å²) >= 11 is 0. The largest absolute Gasteiger partial charge is 0.478 e. The van der Waals surface area contributed by atoms with Crippen LogP contribution in [0.1, 0.15) is 106 Å². The Morgan fingerprint density at radius 2 is 1.83 bits per heavy atom. The quantitative estimate of drug-likeness (QED) is 0.0418. The van der Waals surface area contributed by atoms with Gasteiger partial charge in [0.1, 0.15) is 30.1 Å². The topological polar surface area (TPSA) is 257 Å². The van der Waals surface area contributed by atoms with Crippen LogP contribution >= 0.6 is 0 Å². The number of aliphatic hydroxyl groups excluding tert-OH is 2. The molecule has 8 rings (SSSR count). The highest BCUT2D eigenvalue weighted by Gasteiger charge is 2.61. The number of aldehydes is 2. The fourth-order valence-corrected chi connectivity index (χ4v) is 12.6. The molecule has 2 aromatic carbocycles. The lowest BCUT2D eigenvalue weighted by Crippen LogP contribution is -2.72. The highest BCUT2D eigenvalue weighted by molar-refractivity contribution is 5.86. The number of hydrogen-bond acceptors (Lipinski definition) is 12. The average Bonchev–Trinajstić information content (AvgIpc) is 3.99. The van der Waals surface area contributed by atoms with E-state index in [2.05, 4.69) is 52.0 Å². The van der Waals surface area contributed by atoms with Crippen molar-refractivity contribution in [2.45, 2.75) is 144 Å². The van der Waals surface area contributed by atoms with Gasteiger partial charge in [0.15, 0.2) is 5.96 Å². The molecule has 14 nitrogen and oxygen atoms in total. The number of carbonyl (C=O) groups excluding carboxylic acids is 2. The monoisotopic (exact) mass is 893 g/mol. The summed E-state index contributed by atoms with van der Waals surface area (Å²) in [6.07, 6.45) is 16.8. The van der Waals surface area contributed by atoms with E-state index in [0.717, 1.165) is 61.0 Å². The number of benzene rings is 2. The van der Waals surface area contributed by atoms with Crippen LogP contribution in [0.2, 0.25) is 0 Å². The van der Waals surface area contributed by atoms with Gasteiger partial charge >= 0.3 is 5.97 Å². The van der Waals surface area contributed by atoms with Crippen molar-refractivity contribution in [3.8, 4) is 0 Å². The highest BCUT2D eigenvalue weighted by Crippen LogP contribution is 2.54. The molecule has 0 radical (unpaired) electrons. The van der Waals surface area contributed by atoms with E-state index in [0.29, 0.717) is 69.2 Å². The second kappa shape index (κ2) is 19.9. The molecule has 350 valence electrons. The number of fused-ring (bicyclic) bond motifs is 6. The number of aromatic nitrogens is 1. The molecule has 1 aliphatic heterocycles. The van der Waals surface area contributed by atoms with E-state index in [4.69, 9.17) is 16.5 Å². The summed E-state index contributed by atoms with van der Waals surface area (Å²) in [5.74, 6) is -0.710. The van der Waals surface area contributed by atoms with Crippen molar-refractivity contribution < 1.29 is 39.9 Å². The maximum Gasteiger partial charge on any atom is 0.328 e. The number of anilines is 1. The van der Waals surface area contributed by atoms with Gasteiger partial charge in [-0.1, -0.05) is 55.3 Å². The number of hydrogen-bond donors (Lipinski definition) is 10. The molecule has 0 spiro atoms. The van der Waals surface area contributed by atoms with Gasteiger partial charge in [-0.25, -0.2) is 9.79 Å². The smallest absolute Gasteiger partial charge is 0.328 e. The fourth-order valence-electron chi connectivity index (χ4n) is 12.6. The van der Waals surface area contributed by atoms with Gasteiger partial charge in [-0.3, -0.25) is 0 Å². The van der Waals surface area contributed by atoms with Gasteiger partial charge < -0.3 is 62.2 Å². The third-order valence-electron chi connectivity index (χ3n) is 15.9. The van der Waals surface area contributed by atoms with Crippen molar-refractivity contribution in [1.29, 1.82) is 0 Å². The summed E-state index contributed by atoms with van der Waals surface area (Å²) in [6.45, 7) is 0.0526. The molecular formula is C51H68N6O8. The first-order chi connectivity index (χ1) is 31.3. The highest BCUT2D eigenvalue weighted by atomic mass is 16.4. The van der Waals surface area contributed by atoms with Gasteiger partial charge in [0.2, 0.25) is 0 Å². The zero-order chi connectivity index (χ0) is 45.9. The number of carbonyl (C=O) groups is 3. The van der Waals surface area contributed by atoms with E-state index < -0.39 is 47.3 Å². The minimum Gasteiger partial charge on any atom is -0.478 e. The zero-order valence-corrected chi connectivity index (χ0v) is 37.2. The first kappa shape index (κ1) is 46.7. The molecule has 5 aliphatic rings. The van der Waals surface area contributed by atoms with Crippen LogP contribution in [-0.2, 0) is 27.2 Å². The number of aliphatic imine (C=N–C) groups is 1. The molecule has 2 bridgehead atoms. The molecule has 65 heavy (non-hydrogen) atoms. The average molecular weight is 893 g/mol. The Morgan fingerprint density at radius 1 is 1.02 bits per heavy atom. The van der Waals surface area contributed by atoms with Gasteiger partial charge in [-0.15, -0.1) is 0 Å². The van der Waals surface area contributed by atoms with Crippen molar-refractivity contribution in [3.63, 3.8) is 0 Å². The number of H-pyrrole nitrogens is 1. The predicted octanol–water partition coefficient (Wildman–Crippen LogP) is 4.79. The Morgan fingerprint density at radius 3 is 2.55 bits per heavy atom.